The first-order valence-electron chi connectivity index (χ1n) is 10.2. The van der Waals surface area contributed by atoms with Crippen molar-refractivity contribution in [2.75, 3.05) is 25.0 Å². The Bertz CT molecular complexity index is 1310. The van der Waals surface area contributed by atoms with Gasteiger partial charge in [-0.2, -0.15) is 17.8 Å². The molecule has 0 aliphatic carbocycles. The number of nitrogens with zero attached hydrogens (tertiary/aromatic N) is 4. The molecule has 1 amide bonds. The molecule has 1 saturated heterocycles. The molecule has 2 aromatic heterocycles. The molecule has 1 aliphatic rings. The summed E-state index contributed by atoms with van der Waals surface area (Å²) < 4.78 is 71.3. The van der Waals surface area contributed by atoms with Gasteiger partial charge in [0.15, 0.2) is 0 Å². The molecule has 3 aromatic rings. The number of pyridine rings is 1. The quantitative estimate of drug-likeness (QED) is 0.585. The van der Waals surface area contributed by atoms with Crippen LogP contribution in [0.5, 0.6) is 0 Å². The Morgan fingerprint density at radius 1 is 1.27 bits per heavy atom. The molecule has 8 nitrogen and oxygen atoms in total. The highest BCUT2D eigenvalue weighted by Gasteiger charge is 2.35. The first-order chi connectivity index (χ1) is 15.6. The van der Waals surface area contributed by atoms with Crippen molar-refractivity contribution in [2.45, 2.75) is 25.6 Å². The Morgan fingerprint density at radius 2 is 2.03 bits per heavy atom. The first-order valence-corrected chi connectivity index (χ1v) is 11.7. The summed E-state index contributed by atoms with van der Waals surface area (Å²) >= 11 is 0. The fourth-order valence-electron chi connectivity index (χ4n) is 3.88. The maximum atomic E-state index is 14.4. The minimum absolute atomic E-state index is 0.00518. The van der Waals surface area contributed by atoms with Crippen LogP contribution >= 0.6 is 0 Å². The number of hydrogen-bond donors (Lipinski definition) is 1. The van der Waals surface area contributed by atoms with E-state index in [9.17, 15) is 26.4 Å². The fourth-order valence-corrected chi connectivity index (χ4v) is 4.72. The highest BCUT2D eigenvalue weighted by Crippen LogP contribution is 2.39. The van der Waals surface area contributed by atoms with Crippen molar-refractivity contribution in [1.82, 2.24) is 18.6 Å². The highest BCUT2D eigenvalue weighted by atomic mass is 32.2. The molecule has 176 valence electrons. The number of hydrogen-bond acceptors (Lipinski definition) is 5. The number of anilines is 1. The zero-order valence-electron chi connectivity index (χ0n) is 17.9. The lowest BCUT2D eigenvalue weighted by atomic mass is 10.0. The summed E-state index contributed by atoms with van der Waals surface area (Å²) in [6.45, 7) is 1.73. The van der Waals surface area contributed by atoms with Crippen LogP contribution in [0, 0.1) is 11.6 Å². The van der Waals surface area contributed by atoms with Crippen molar-refractivity contribution in [3.8, 4) is 0 Å². The number of nitrogens with one attached hydrogen (secondary N) is 1. The van der Waals surface area contributed by atoms with Crippen molar-refractivity contribution in [3.63, 3.8) is 0 Å². The van der Waals surface area contributed by atoms with E-state index in [-0.39, 0.29) is 36.2 Å². The fraction of sp³-hybridized carbons (Fsp3) is 0.333. The van der Waals surface area contributed by atoms with Gasteiger partial charge in [0.05, 0.1) is 23.3 Å². The minimum Gasteiger partial charge on any atom is -0.361 e. The highest BCUT2D eigenvalue weighted by molar-refractivity contribution is 7.87. The van der Waals surface area contributed by atoms with E-state index < -0.39 is 40.0 Å². The summed E-state index contributed by atoms with van der Waals surface area (Å²) in [5.41, 5.74) is 0.768. The van der Waals surface area contributed by atoms with E-state index in [4.69, 9.17) is 0 Å². The third kappa shape index (κ3) is 4.40. The van der Waals surface area contributed by atoms with Crippen LogP contribution in [0.15, 0.2) is 42.7 Å². The maximum absolute atomic E-state index is 14.4. The second-order valence-electron chi connectivity index (χ2n) is 7.79. The lowest BCUT2D eigenvalue weighted by molar-refractivity contribution is 0.0981. The summed E-state index contributed by atoms with van der Waals surface area (Å²) in [6.07, 6.45) is 1.45. The van der Waals surface area contributed by atoms with Gasteiger partial charge in [0.2, 0.25) is 0 Å². The molecule has 4 rings (SSSR count). The van der Waals surface area contributed by atoms with Crippen LogP contribution in [0.3, 0.4) is 0 Å². The SMILES string of the molecule is CCN(C)S(=O)(=O)NC(=O)c1cnn2ccc(N3C[C@@H](F)C[C@@H]3c3cc(F)ccc3F)cc12. The maximum Gasteiger partial charge on any atom is 0.303 e. The number of halogens is 3. The molecule has 1 fully saturated rings. The number of benzene rings is 1. The standard InChI is InChI=1S/C21H22F3N5O3S/c1-3-27(2)33(31,32)26-21(30)17-11-25-29-7-6-15(10-20(17)29)28-12-14(23)9-19(28)16-8-13(22)4-5-18(16)24/h4-8,10-11,14,19H,3,9,12H2,1-2H3,(H,26,30)/t14-,19+/m0/s1. The minimum atomic E-state index is -4.03. The topological polar surface area (TPSA) is 87.0 Å². The van der Waals surface area contributed by atoms with Gasteiger partial charge in [-0.1, -0.05) is 6.92 Å². The van der Waals surface area contributed by atoms with Gasteiger partial charge in [0.1, 0.15) is 17.8 Å². The molecule has 3 heterocycles. The molecular weight excluding hydrogens is 459 g/mol. The molecule has 0 spiro atoms. The lowest BCUT2D eigenvalue weighted by Crippen LogP contribution is -2.41. The molecule has 12 heteroatoms. The lowest BCUT2D eigenvalue weighted by Gasteiger charge is -2.27. The van der Waals surface area contributed by atoms with Crippen LogP contribution < -0.4 is 9.62 Å². The average molecular weight is 482 g/mol. The van der Waals surface area contributed by atoms with Crippen LogP contribution in [-0.2, 0) is 10.2 Å². The summed E-state index contributed by atoms with van der Waals surface area (Å²) in [5, 5.41) is 4.07. The van der Waals surface area contributed by atoms with Crippen LogP contribution in [-0.4, -0.2) is 54.6 Å². The molecule has 33 heavy (non-hydrogen) atoms. The third-order valence-corrected chi connectivity index (χ3v) is 7.25. The van der Waals surface area contributed by atoms with E-state index in [2.05, 4.69) is 5.10 Å². The van der Waals surface area contributed by atoms with Gasteiger partial charge < -0.3 is 4.90 Å². The van der Waals surface area contributed by atoms with Gasteiger partial charge in [-0.05, 0) is 30.3 Å². The number of aromatic nitrogens is 2. The molecular formula is C21H22F3N5O3S. The Kier molecular flexibility index (Phi) is 6.06. The smallest absolute Gasteiger partial charge is 0.303 e. The van der Waals surface area contributed by atoms with E-state index in [1.54, 1.807) is 24.0 Å². The van der Waals surface area contributed by atoms with Crippen LogP contribution in [0.25, 0.3) is 5.52 Å². The van der Waals surface area contributed by atoms with E-state index in [0.29, 0.717) is 5.69 Å². The predicted molar refractivity (Wildman–Crippen MR) is 116 cm³/mol. The van der Waals surface area contributed by atoms with E-state index in [0.717, 1.165) is 22.5 Å². The summed E-state index contributed by atoms with van der Waals surface area (Å²) in [7, 11) is -2.70. The molecule has 1 N–H and O–H groups in total. The number of amides is 1. The largest absolute Gasteiger partial charge is 0.361 e. The summed E-state index contributed by atoms with van der Waals surface area (Å²) in [5.74, 6) is -2.15. The Balaban J connectivity index is 1.70. The Labute approximate surface area is 188 Å². The first kappa shape index (κ1) is 23.1. The normalized spacial score (nSPS) is 18.9. The van der Waals surface area contributed by atoms with Crippen LogP contribution in [0.1, 0.15) is 35.3 Å². The zero-order valence-corrected chi connectivity index (χ0v) is 18.7. The van der Waals surface area contributed by atoms with Crippen molar-refractivity contribution in [1.29, 1.82) is 0 Å². The molecule has 0 unspecified atom stereocenters. The van der Waals surface area contributed by atoms with Gasteiger partial charge in [0.25, 0.3) is 5.91 Å². The molecule has 2 atom stereocenters. The van der Waals surface area contributed by atoms with Crippen molar-refractivity contribution < 1.29 is 26.4 Å². The second-order valence-corrected chi connectivity index (χ2v) is 9.57. The monoisotopic (exact) mass is 481 g/mol. The van der Waals surface area contributed by atoms with Gasteiger partial charge in [-0.15, -0.1) is 0 Å². The number of rotatable bonds is 6. The van der Waals surface area contributed by atoms with E-state index in [1.807, 2.05) is 4.72 Å². The van der Waals surface area contributed by atoms with Gasteiger partial charge in [0, 0.05) is 44.0 Å². The Hall–Kier alpha value is -3.12. The molecule has 1 aliphatic heterocycles. The van der Waals surface area contributed by atoms with Crippen molar-refractivity contribution in [2.24, 2.45) is 0 Å². The van der Waals surface area contributed by atoms with Crippen molar-refractivity contribution >= 4 is 27.3 Å². The van der Waals surface area contributed by atoms with Crippen molar-refractivity contribution in [3.05, 3.63) is 65.5 Å². The molecule has 0 radical (unpaired) electrons. The molecule has 0 saturated carbocycles. The van der Waals surface area contributed by atoms with Gasteiger partial charge >= 0.3 is 10.2 Å². The van der Waals surface area contributed by atoms with E-state index >= 15 is 0 Å². The molecule has 1 aromatic carbocycles. The number of carbonyl (C=O) groups is 1. The predicted octanol–water partition coefficient (Wildman–Crippen LogP) is 2.83. The second kappa shape index (κ2) is 8.67. The summed E-state index contributed by atoms with van der Waals surface area (Å²) in [4.78, 5) is 14.3. The number of alkyl halides is 1. The molecule has 0 bridgehead atoms. The zero-order chi connectivity index (χ0) is 23.9. The van der Waals surface area contributed by atoms with Crippen LogP contribution in [0.2, 0.25) is 0 Å². The number of fused-ring (bicyclic) bond motifs is 1. The van der Waals surface area contributed by atoms with Gasteiger partial charge in [-0.3, -0.25) is 4.79 Å². The van der Waals surface area contributed by atoms with Gasteiger partial charge in [-0.25, -0.2) is 22.4 Å². The Morgan fingerprint density at radius 3 is 2.76 bits per heavy atom. The summed E-state index contributed by atoms with van der Waals surface area (Å²) in [6, 6.07) is 5.46. The average Bonchev–Trinajstić information content (AvgIpc) is 3.37. The van der Waals surface area contributed by atoms with E-state index in [1.165, 1.54) is 24.0 Å². The van der Waals surface area contributed by atoms with Crippen LogP contribution in [0.4, 0.5) is 18.9 Å². The number of carbonyl (C=O) groups excluding carboxylic acids is 1. The third-order valence-electron chi connectivity index (χ3n) is 5.73.